The fourth-order valence-electron chi connectivity index (χ4n) is 4.82. The first-order chi connectivity index (χ1) is 17.0. The summed E-state index contributed by atoms with van der Waals surface area (Å²) in [5.74, 6) is 1.61. The molecule has 1 saturated heterocycles. The molecule has 0 radical (unpaired) electrons. The van der Waals surface area contributed by atoms with Crippen LogP contribution in [0.25, 0.3) is 16.8 Å². The molecule has 1 N–H and O–H groups in total. The van der Waals surface area contributed by atoms with E-state index in [1.807, 2.05) is 60.7 Å². The van der Waals surface area contributed by atoms with E-state index in [2.05, 4.69) is 34.1 Å². The van der Waals surface area contributed by atoms with Gasteiger partial charge < -0.3 is 14.6 Å². The Labute approximate surface area is 207 Å². The van der Waals surface area contributed by atoms with Crippen molar-refractivity contribution in [3.8, 4) is 22.8 Å². The van der Waals surface area contributed by atoms with Gasteiger partial charge in [-0.15, -0.1) is 0 Å². The van der Waals surface area contributed by atoms with Gasteiger partial charge in [-0.3, -0.25) is 0 Å². The highest BCUT2D eigenvalue weighted by molar-refractivity contribution is 7.94. The number of benzene rings is 2. The van der Waals surface area contributed by atoms with Gasteiger partial charge in [-0.25, -0.2) is 8.42 Å². The molecule has 2 heterocycles. The number of nitrogens with zero attached hydrogens (tertiary/aromatic N) is 1. The van der Waals surface area contributed by atoms with Crippen LogP contribution in [0.3, 0.4) is 0 Å². The molecule has 5 nitrogen and oxygen atoms in total. The minimum Gasteiger partial charge on any atom is -0.457 e. The summed E-state index contributed by atoms with van der Waals surface area (Å²) >= 11 is 0. The van der Waals surface area contributed by atoms with E-state index < -0.39 is 9.84 Å². The van der Waals surface area contributed by atoms with Crippen molar-refractivity contribution in [1.29, 1.82) is 0 Å². The third-order valence-corrected chi connectivity index (χ3v) is 7.70. The Morgan fingerprint density at radius 2 is 1.66 bits per heavy atom. The summed E-state index contributed by atoms with van der Waals surface area (Å²) in [6.45, 7) is 1.96. The molecular formula is C29H30N2O3S. The largest absolute Gasteiger partial charge is 0.457 e. The number of hydrogen-bond donors (Lipinski definition) is 1. The molecule has 1 fully saturated rings. The standard InChI is InChI=1S/C29H30N2O3S/c1-35(32,33)27-12-6-7-22(13-14-27)28-15-16-29(31(28)24-17-19-30-20-18-24)23-8-5-11-26(21-23)34-25-9-3-2-4-10-25/h2-12,14-16,21,24,30H,13,17-20H2,1H3. The van der Waals surface area contributed by atoms with Crippen LogP contribution in [0, 0.1) is 0 Å². The fraction of sp³-hybridized carbons (Fsp3) is 0.241. The summed E-state index contributed by atoms with van der Waals surface area (Å²) in [6.07, 6.45) is 11.3. The van der Waals surface area contributed by atoms with E-state index in [0.717, 1.165) is 60.0 Å². The minimum atomic E-state index is -3.24. The Balaban J connectivity index is 1.53. The average molecular weight is 487 g/mol. The number of nitrogens with one attached hydrogen (secondary N) is 1. The molecule has 0 unspecified atom stereocenters. The smallest absolute Gasteiger partial charge is 0.175 e. The summed E-state index contributed by atoms with van der Waals surface area (Å²) in [7, 11) is -3.24. The lowest BCUT2D eigenvalue weighted by molar-refractivity contribution is 0.369. The highest BCUT2D eigenvalue weighted by Crippen LogP contribution is 2.37. The van der Waals surface area contributed by atoms with Gasteiger partial charge in [0.25, 0.3) is 0 Å². The highest BCUT2D eigenvalue weighted by Gasteiger charge is 2.23. The van der Waals surface area contributed by atoms with Crippen LogP contribution in [-0.4, -0.2) is 32.3 Å². The summed E-state index contributed by atoms with van der Waals surface area (Å²) in [4.78, 5) is 0.370. The van der Waals surface area contributed by atoms with Crippen molar-refractivity contribution in [2.45, 2.75) is 25.3 Å². The first-order valence-electron chi connectivity index (χ1n) is 12.0. The molecule has 2 aliphatic rings. The maximum Gasteiger partial charge on any atom is 0.175 e. The number of rotatable bonds is 6. The second-order valence-corrected chi connectivity index (χ2v) is 11.0. The predicted octanol–water partition coefficient (Wildman–Crippen LogP) is 6.14. The second kappa shape index (κ2) is 10.1. The predicted molar refractivity (Wildman–Crippen MR) is 142 cm³/mol. The Hall–Kier alpha value is -3.35. The molecule has 180 valence electrons. The molecule has 3 aromatic rings. The SMILES string of the molecule is CS(=O)(=O)C1=CCC(c2ccc(-c3cccc(Oc4ccccc4)c3)n2C2CCNCC2)=CC=C1. The van der Waals surface area contributed by atoms with Gasteiger partial charge in [0.2, 0.25) is 0 Å². The highest BCUT2D eigenvalue weighted by atomic mass is 32.2. The lowest BCUT2D eigenvalue weighted by Gasteiger charge is -2.29. The van der Waals surface area contributed by atoms with Crippen LogP contribution in [-0.2, 0) is 9.84 Å². The number of aromatic nitrogens is 1. The van der Waals surface area contributed by atoms with E-state index in [1.54, 1.807) is 6.08 Å². The Kier molecular flexibility index (Phi) is 6.75. The molecule has 0 spiro atoms. The minimum absolute atomic E-state index is 0.362. The maximum atomic E-state index is 12.1. The molecule has 1 aliphatic carbocycles. The zero-order valence-electron chi connectivity index (χ0n) is 19.9. The van der Waals surface area contributed by atoms with Crippen molar-refractivity contribution in [2.24, 2.45) is 0 Å². The van der Waals surface area contributed by atoms with E-state index in [4.69, 9.17) is 4.74 Å². The molecule has 6 heteroatoms. The number of allylic oxidation sites excluding steroid dienone is 5. The molecule has 0 amide bonds. The van der Waals surface area contributed by atoms with Gasteiger partial charge in [0.05, 0.1) is 4.91 Å². The fourth-order valence-corrected chi connectivity index (χ4v) is 5.53. The van der Waals surface area contributed by atoms with Crippen molar-refractivity contribution in [1.82, 2.24) is 9.88 Å². The first-order valence-corrected chi connectivity index (χ1v) is 13.9. The van der Waals surface area contributed by atoms with Crippen molar-refractivity contribution >= 4 is 15.4 Å². The number of hydrogen-bond acceptors (Lipinski definition) is 4. The van der Waals surface area contributed by atoms with Gasteiger partial charge in [-0.05, 0) is 80.4 Å². The zero-order chi connectivity index (χ0) is 24.3. The van der Waals surface area contributed by atoms with Gasteiger partial charge in [0.1, 0.15) is 11.5 Å². The number of ether oxygens (including phenoxy) is 1. The molecule has 2 aromatic carbocycles. The van der Waals surface area contributed by atoms with Crippen LogP contribution < -0.4 is 10.1 Å². The third kappa shape index (κ3) is 5.34. The van der Waals surface area contributed by atoms with E-state index in [1.165, 1.54) is 6.26 Å². The molecule has 1 aromatic heterocycles. The maximum absolute atomic E-state index is 12.1. The monoisotopic (exact) mass is 486 g/mol. The number of para-hydroxylation sites is 1. The summed E-state index contributed by atoms with van der Waals surface area (Å²) in [5.41, 5.74) is 4.49. The van der Waals surface area contributed by atoms with Crippen LogP contribution in [0.2, 0.25) is 0 Å². The lowest BCUT2D eigenvalue weighted by Crippen LogP contribution is -2.30. The Morgan fingerprint density at radius 1 is 0.914 bits per heavy atom. The third-order valence-electron chi connectivity index (χ3n) is 6.54. The van der Waals surface area contributed by atoms with Gasteiger partial charge >= 0.3 is 0 Å². The zero-order valence-corrected chi connectivity index (χ0v) is 20.7. The molecular weight excluding hydrogens is 456 g/mol. The molecule has 5 rings (SSSR count). The van der Waals surface area contributed by atoms with E-state index in [-0.39, 0.29) is 0 Å². The first kappa shape index (κ1) is 23.4. The van der Waals surface area contributed by atoms with Crippen LogP contribution in [0.4, 0.5) is 0 Å². The van der Waals surface area contributed by atoms with Crippen molar-refractivity contribution in [2.75, 3.05) is 19.3 Å². The number of sulfone groups is 1. The van der Waals surface area contributed by atoms with Crippen LogP contribution in [0.15, 0.2) is 95.9 Å². The van der Waals surface area contributed by atoms with E-state index in [9.17, 15) is 8.42 Å². The van der Waals surface area contributed by atoms with Crippen molar-refractivity contribution < 1.29 is 13.2 Å². The van der Waals surface area contributed by atoms with Crippen molar-refractivity contribution in [3.63, 3.8) is 0 Å². The quantitative estimate of drug-likeness (QED) is 0.454. The van der Waals surface area contributed by atoms with Gasteiger partial charge in [0, 0.05) is 29.2 Å². The van der Waals surface area contributed by atoms with E-state index in [0.29, 0.717) is 17.4 Å². The average Bonchev–Trinajstić information content (AvgIpc) is 3.14. The van der Waals surface area contributed by atoms with Gasteiger partial charge in [-0.1, -0.05) is 48.6 Å². The molecule has 0 atom stereocenters. The normalized spacial score (nSPS) is 16.9. The lowest BCUT2D eigenvalue weighted by atomic mass is 10.0. The van der Waals surface area contributed by atoms with Crippen LogP contribution >= 0.6 is 0 Å². The van der Waals surface area contributed by atoms with Crippen LogP contribution in [0.5, 0.6) is 11.5 Å². The topological polar surface area (TPSA) is 60.3 Å². The molecule has 35 heavy (non-hydrogen) atoms. The van der Waals surface area contributed by atoms with E-state index >= 15 is 0 Å². The van der Waals surface area contributed by atoms with Gasteiger partial charge in [0.15, 0.2) is 9.84 Å². The number of piperidine rings is 1. The summed E-state index contributed by atoms with van der Waals surface area (Å²) < 4.78 is 32.7. The second-order valence-electron chi connectivity index (χ2n) is 9.03. The Bertz CT molecular complexity index is 1390. The molecule has 1 aliphatic heterocycles. The molecule has 0 saturated carbocycles. The Morgan fingerprint density at radius 3 is 2.43 bits per heavy atom. The van der Waals surface area contributed by atoms with Crippen molar-refractivity contribution in [3.05, 3.63) is 102 Å². The summed E-state index contributed by atoms with van der Waals surface area (Å²) in [6, 6.07) is 22.7. The van der Waals surface area contributed by atoms with Gasteiger partial charge in [-0.2, -0.15) is 0 Å². The molecule has 0 bridgehead atoms. The van der Waals surface area contributed by atoms with Crippen LogP contribution in [0.1, 0.15) is 31.0 Å². The summed E-state index contributed by atoms with van der Waals surface area (Å²) in [5, 5.41) is 3.47.